The molecule has 1 aliphatic heterocycles. The van der Waals surface area contributed by atoms with Crippen LogP contribution in [0.1, 0.15) is 19.4 Å². The van der Waals surface area contributed by atoms with E-state index in [0.717, 1.165) is 5.56 Å². The van der Waals surface area contributed by atoms with Crippen LogP contribution in [0.5, 0.6) is 0 Å². The van der Waals surface area contributed by atoms with E-state index in [-0.39, 0.29) is 23.5 Å². The van der Waals surface area contributed by atoms with Crippen molar-refractivity contribution in [2.24, 2.45) is 5.10 Å². The average Bonchev–Trinajstić information content (AvgIpc) is 2.88. The van der Waals surface area contributed by atoms with E-state index in [4.69, 9.17) is 4.74 Å². The first kappa shape index (κ1) is 24.5. The quantitative estimate of drug-likeness (QED) is 0.243. The Bertz CT molecular complexity index is 1260. The summed E-state index contributed by atoms with van der Waals surface area (Å²) in [6, 6.07) is 13.2. The lowest BCUT2D eigenvalue weighted by Crippen LogP contribution is -2.37. The summed E-state index contributed by atoms with van der Waals surface area (Å²) in [5.41, 5.74) is 5.69. The molecule has 36 heavy (non-hydrogen) atoms. The molecule has 0 unspecified atom stereocenters. The molecule has 3 aromatic rings. The second kappa shape index (κ2) is 11.2. The minimum atomic E-state index is -0.459. The molecule has 1 aromatic heterocycles. The van der Waals surface area contributed by atoms with Crippen LogP contribution in [0.3, 0.4) is 0 Å². The maximum absolute atomic E-state index is 11.2. The van der Waals surface area contributed by atoms with Gasteiger partial charge in [-0.3, -0.25) is 14.9 Å². The Balaban J connectivity index is 1.55. The van der Waals surface area contributed by atoms with Gasteiger partial charge in [0.05, 0.1) is 23.8 Å². The summed E-state index contributed by atoms with van der Waals surface area (Å²) >= 11 is 0. The van der Waals surface area contributed by atoms with E-state index in [1.54, 1.807) is 24.3 Å². The van der Waals surface area contributed by atoms with Crippen LogP contribution in [0.15, 0.2) is 53.6 Å². The highest BCUT2D eigenvalue weighted by molar-refractivity contribution is 5.99. The van der Waals surface area contributed by atoms with Crippen molar-refractivity contribution in [1.82, 2.24) is 15.0 Å². The summed E-state index contributed by atoms with van der Waals surface area (Å²) in [5, 5.41) is 21.1. The van der Waals surface area contributed by atoms with Crippen LogP contribution in [-0.4, -0.2) is 57.8 Å². The van der Waals surface area contributed by atoms with Gasteiger partial charge in [0.25, 0.3) is 5.69 Å². The fourth-order valence-corrected chi connectivity index (χ4v) is 3.37. The molecule has 3 N–H and O–H groups in total. The molecule has 1 saturated heterocycles. The molecule has 1 aliphatic rings. The largest absolute Gasteiger partial charge is 0.378 e. The van der Waals surface area contributed by atoms with Crippen LogP contribution in [-0.2, 0) is 9.53 Å². The molecule has 1 fully saturated rings. The maximum atomic E-state index is 11.2. The Hall–Kier alpha value is -4.65. The molecule has 0 aliphatic carbocycles. The van der Waals surface area contributed by atoms with Crippen molar-refractivity contribution in [3.05, 3.63) is 64.2 Å². The van der Waals surface area contributed by atoms with Crippen LogP contribution in [0.25, 0.3) is 0 Å². The number of nitrogens with one attached hydrogen (secondary N) is 3. The number of nitro groups is 1. The van der Waals surface area contributed by atoms with Crippen LogP contribution < -0.4 is 21.0 Å². The zero-order valence-corrected chi connectivity index (χ0v) is 19.8. The van der Waals surface area contributed by atoms with Gasteiger partial charge < -0.3 is 20.3 Å². The molecule has 0 atom stereocenters. The number of nitro benzene ring substituents is 1. The molecule has 1 amide bonds. The average molecular weight is 492 g/mol. The van der Waals surface area contributed by atoms with Gasteiger partial charge in [0, 0.05) is 43.5 Å². The van der Waals surface area contributed by atoms with E-state index >= 15 is 0 Å². The number of ether oxygens (including phenoxy) is 1. The summed E-state index contributed by atoms with van der Waals surface area (Å²) in [4.78, 5) is 37.1. The molecule has 2 heterocycles. The first-order chi connectivity index (χ1) is 17.4. The standard InChI is InChI=1S/C23H25N9O4/c1-15(17-3-5-18(6-4-17)24-16(2)33)29-30-22-26-21(25-19-7-9-20(10-8-19)32(34)35)27-23(28-22)31-11-13-36-14-12-31/h3-10H,11-14H2,1-2H3,(H,24,33)(H2,25,26,27,28,30)/b29-15+. The lowest BCUT2D eigenvalue weighted by atomic mass is 10.1. The summed E-state index contributed by atoms with van der Waals surface area (Å²) in [5.74, 6) is 0.798. The molecule has 0 saturated carbocycles. The first-order valence-electron chi connectivity index (χ1n) is 11.2. The zero-order chi connectivity index (χ0) is 25.5. The van der Waals surface area contributed by atoms with Gasteiger partial charge in [-0.15, -0.1) is 0 Å². The van der Waals surface area contributed by atoms with Gasteiger partial charge in [-0.1, -0.05) is 12.1 Å². The third-order valence-corrected chi connectivity index (χ3v) is 5.20. The molecule has 0 spiro atoms. The lowest BCUT2D eigenvalue weighted by Gasteiger charge is -2.27. The smallest absolute Gasteiger partial charge is 0.269 e. The normalized spacial score (nSPS) is 13.7. The van der Waals surface area contributed by atoms with E-state index in [9.17, 15) is 14.9 Å². The number of aromatic nitrogens is 3. The molecular formula is C23H25N9O4. The molecular weight excluding hydrogens is 466 g/mol. The predicted octanol–water partition coefficient (Wildman–Crippen LogP) is 3.15. The summed E-state index contributed by atoms with van der Waals surface area (Å²) in [6.45, 7) is 5.67. The number of nitrogens with zero attached hydrogens (tertiary/aromatic N) is 6. The summed E-state index contributed by atoms with van der Waals surface area (Å²) in [7, 11) is 0. The third kappa shape index (κ3) is 6.48. The second-order valence-corrected chi connectivity index (χ2v) is 7.88. The van der Waals surface area contributed by atoms with Crippen molar-refractivity contribution in [3.63, 3.8) is 0 Å². The van der Waals surface area contributed by atoms with Crippen LogP contribution in [0.4, 0.5) is 34.9 Å². The van der Waals surface area contributed by atoms with Gasteiger partial charge in [0.15, 0.2) is 0 Å². The highest BCUT2D eigenvalue weighted by Crippen LogP contribution is 2.21. The molecule has 13 heteroatoms. The number of carbonyl (C=O) groups excluding carboxylic acids is 1. The van der Waals surface area contributed by atoms with Crippen molar-refractivity contribution in [1.29, 1.82) is 0 Å². The monoisotopic (exact) mass is 491 g/mol. The Morgan fingerprint density at radius 3 is 2.25 bits per heavy atom. The third-order valence-electron chi connectivity index (χ3n) is 5.20. The number of morpholine rings is 1. The van der Waals surface area contributed by atoms with Crippen LogP contribution >= 0.6 is 0 Å². The Labute approximate surface area is 206 Å². The lowest BCUT2D eigenvalue weighted by molar-refractivity contribution is -0.384. The molecule has 13 nitrogen and oxygen atoms in total. The van der Waals surface area contributed by atoms with E-state index in [2.05, 4.69) is 36.1 Å². The maximum Gasteiger partial charge on any atom is 0.269 e. The summed E-state index contributed by atoms with van der Waals surface area (Å²) < 4.78 is 5.42. The number of amides is 1. The van der Waals surface area contributed by atoms with E-state index in [1.165, 1.54) is 19.1 Å². The number of hydrogen-bond acceptors (Lipinski definition) is 11. The van der Waals surface area contributed by atoms with Gasteiger partial charge in [-0.2, -0.15) is 20.1 Å². The first-order valence-corrected chi connectivity index (χ1v) is 11.2. The minimum absolute atomic E-state index is 0.0116. The highest BCUT2D eigenvalue weighted by Gasteiger charge is 2.17. The van der Waals surface area contributed by atoms with E-state index in [0.29, 0.717) is 49.3 Å². The summed E-state index contributed by atoms with van der Waals surface area (Å²) in [6.07, 6.45) is 0. The molecule has 0 bridgehead atoms. The number of hydrazone groups is 1. The number of rotatable bonds is 8. The van der Waals surface area contributed by atoms with Gasteiger partial charge in [0.2, 0.25) is 23.8 Å². The van der Waals surface area contributed by atoms with E-state index < -0.39 is 4.92 Å². The SMILES string of the molecule is CC(=O)Nc1ccc(/C(C)=N/Nc2nc(Nc3ccc([N+](=O)[O-])cc3)nc(N3CCOCC3)n2)cc1. The van der Waals surface area contributed by atoms with E-state index in [1.807, 2.05) is 24.0 Å². The Morgan fingerprint density at radius 2 is 1.61 bits per heavy atom. The van der Waals surface area contributed by atoms with Crippen molar-refractivity contribution in [2.75, 3.05) is 47.3 Å². The van der Waals surface area contributed by atoms with Crippen molar-refractivity contribution in [2.45, 2.75) is 13.8 Å². The number of carbonyl (C=O) groups is 1. The predicted molar refractivity (Wildman–Crippen MR) is 136 cm³/mol. The van der Waals surface area contributed by atoms with Gasteiger partial charge in [-0.25, -0.2) is 5.43 Å². The van der Waals surface area contributed by atoms with Gasteiger partial charge in [0.1, 0.15) is 0 Å². The van der Waals surface area contributed by atoms with Gasteiger partial charge in [-0.05, 0) is 36.8 Å². The Kier molecular flexibility index (Phi) is 7.60. The fraction of sp³-hybridized carbons (Fsp3) is 0.261. The zero-order valence-electron chi connectivity index (χ0n) is 19.8. The molecule has 0 radical (unpaired) electrons. The number of anilines is 5. The number of benzene rings is 2. The highest BCUT2D eigenvalue weighted by atomic mass is 16.6. The van der Waals surface area contributed by atoms with Gasteiger partial charge >= 0.3 is 0 Å². The van der Waals surface area contributed by atoms with Crippen molar-refractivity contribution >= 4 is 46.5 Å². The molecule has 2 aromatic carbocycles. The van der Waals surface area contributed by atoms with Crippen molar-refractivity contribution in [3.8, 4) is 0 Å². The number of hydrogen-bond donors (Lipinski definition) is 3. The topological polar surface area (TPSA) is 160 Å². The van der Waals surface area contributed by atoms with Crippen LogP contribution in [0, 0.1) is 10.1 Å². The van der Waals surface area contributed by atoms with Crippen molar-refractivity contribution < 1.29 is 14.5 Å². The second-order valence-electron chi connectivity index (χ2n) is 7.88. The number of non-ortho nitro benzene ring substituents is 1. The Morgan fingerprint density at radius 1 is 0.972 bits per heavy atom. The fourth-order valence-electron chi connectivity index (χ4n) is 3.37. The molecule has 186 valence electrons. The molecule has 4 rings (SSSR count). The van der Waals surface area contributed by atoms with Crippen LogP contribution in [0.2, 0.25) is 0 Å². The minimum Gasteiger partial charge on any atom is -0.378 e.